The Morgan fingerprint density at radius 1 is 1.53 bits per heavy atom. The topological polar surface area (TPSA) is 66.8 Å². The molecule has 1 aromatic carbocycles. The Balaban J connectivity index is 2.66. The Morgan fingerprint density at radius 3 is 2.87 bits per heavy atom. The van der Waals surface area contributed by atoms with Crippen molar-refractivity contribution in [1.82, 2.24) is 0 Å². The van der Waals surface area contributed by atoms with Gasteiger partial charge in [-0.2, -0.15) is 0 Å². The third kappa shape index (κ3) is 1.51. The molecule has 0 amide bonds. The number of carbonyl (C=O) groups is 1. The zero-order valence-electron chi connectivity index (χ0n) is 7.95. The molecule has 2 rings (SSSR count). The lowest BCUT2D eigenvalue weighted by atomic mass is 9.98. The van der Waals surface area contributed by atoms with E-state index in [1.165, 1.54) is 6.07 Å². The largest absolute Gasteiger partial charge is 0.506 e. The van der Waals surface area contributed by atoms with Gasteiger partial charge in [0.05, 0.1) is 0 Å². The van der Waals surface area contributed by atoms with Gasteiger partial charge in [-0.05, 0) is 18.6 Å². The molecule has 0 radical (unpaired) electrons. The molecule has 0 saturated heterocycles. The lowest BCUT2D eigenvalue weighted by Gasteiger charge is -2.22. The van der Waals surface area contributed by atoms with E-state index in [9.17, 15) is 15.0 Å². The fraction of sp³-hybridized carbons (Fsp3) is 0.300. The van der Waals surface area contributed by atoms with Crippen LogP contribution in [0.5, 0.6) is 11.5 Å². The quantitative estimate of drug-likeness (QED) is 0.665. The average molecular weight is 229 g/mol. The van der Waals surface area contributed by atoms with Crippen molar-refractivity contribution in [3.63, 3.8) is 0 Å². The first-order valence-electron chi connectivity index (χ1n) is 4.45. The van der Waals surface area contributed by atoms with Crippen LogP contribution in [0.15, 0.2) is 6.07 Å². The van der Waals surface area contributed by atoms with E-state index in [1.54, 1.807) is 6.92 Å². The molecule has 15 heavy (non-hydrogen) atoms. The molecule has 0 bridgehead atoms. The summed E-state index contributed by atoms with van der Waals surface area (Å²) in [6.45, 7) is 1.74. The minimum absolute atomic E-state index is 0.0518. The molecule has 1 unspecified atom stereocenters. The van der Waals surface area contributed by atoms with Gasteiger partial charge in [-0.15, -0.1) is 0 Å². The highest BCUT2D eigenvalue weighted by Crippen LogP contribution is 2.40. The third-order valence-electron chi connectivity index (χ3n) is 2.32. The Morgan fingerprint density at radius 2 is 2.20 bits per heavy atom. The second kappa shape index (κ2) is 3.31. The van der Waals surface area contributed by atoms with Gasteiger partial charge in [0, 0.05) is 6.42 Å². The summed E-state index contributed by atoms with van der Waals surface area (Å²) in [5, 5.41) is 18.8. The second-order valence-electron chi connectivity index (χ2n) is 3.51. The number of fused-ring (bicyclic) bond motifs is 1. The number of carbonyl (C=O) groups excluding carboxylic acids is 1. The molecule has 80 valence electrons. The molecule has 0 saturated carbocycles. The summed E-state index contributed by atoms with van der Waals surface area (Å²) in [4.78, 5) is 11.5. The number of ether oxygens (including phenoxy) is 1. The molecule has 0 aromatic heterocycles. The minimum atomic E-state index is -0.608. The van der Waals surface area contributed by atoms with E-state index in [0.29, 0.717) is 12.0 Å². The molecule has 4 nitrogen and oxygen atoms in total. The molecule has 1 aliphatic heterocycles. The van der Waals surface area contributed by atoms with Crippen molar-refractivity contribution in [1.29, 1.82) is 0 Å². The predicted octanol–water partition coefficient (Wildman–Crippen LogP) is 1.85. The average Bonchev–Trinajstić information content (AvgIpc) is 2.13. The first kappa shape index (κ1) is 10.1. The number of hydrogen-bond donors (Lipinski definition) is 2. The van der Waals surface area contributed by atoms with Crippen LogP contribution in [0.2, 0.25) is 5.02 Å². The van der Waals surface area contributed by atoms with Crippen molar-refractivity contribution >= 4 is 17.6 Å². The van der Waals surface area contributed by atoms with Gasteiger partial charge in [-0.1, -0.05) is 11.6 Å². The van der Waals surface area contributed by atoms with Gasteiger partial charge in [0.25, 0.3) is 0 Å². The maximum absolute atomic E-state index is 11.5. The van der Waals surface area contributed by atoms with E-state index in [2.05, 4.69) is 0 Å². The van der Waals surface area contributed by atoms with Crippen molar-refractivity contribution in [2.75, 3.05) is 0 Å². The molecular weight excluding hydrogens is 220 g/mol. The first-order valence-corrected chi connectivity index (χ1v) is 4.82. The second-order valence-corrected chi connectivity index (χ2v) is 3.89. The maximum atomic E-state index is 11.5. The number of esters is 1. The number of hydrogen-bond acceptors (Lipinski definition) is 4. The molecule has 2 N–H and O–H groups in total. The number of cyclic esters (lactones) is 1. The Labute approximate surface area is 91.1 Å². The number of rotatable bonds is 0. The Hall–Kier alpha value is -1.42. The summed E-state index contributed by atoms with van der Waals surface area (Å²) in [5.74, 6) is -1.25. The van der Waals surface area contributed by atoms with Crippen LogP contribution >= 0.6 is 11.6 Å². The zero-order valence-corrected chi connectivity index (χ0v) is 8.71. The minimum Gasteiger partial charge on any atom is -0.506 e. The summed E-state index contributed by atoms with van der Waals surface area (Å²) in [7, 11) is 0. The predicted molar refractivity (Wildman–Crippen MR) is 53.4 cm³/mol. The highest BCUT2D eigenvalue weighted by atomic mass is 35.5. The Kier molecular flexibility index (Phi) is 2.23. The first-order chi connectivity index (χ1) is 7.00. The molecule has 1 aromatic rings. The van der Waals surface area contributed by atoms with Crippen LogP contribution in [0.1, 0.15) is 22.8 Å². The van der Waals surface area contributed by atoms with Crippen LogP contribution in [0.3, 0.4) is 0 Å². The number of benzene rings is 1. The summed E-state index contributed by atoms with van der Waals surface area (Å²) in [6, 6.07) is 1.38. The standard InChI is InChI=1S/C10H9ClO4/c1-4-2-5-3-6(12)8(11)9(13)7(5)10(14)15-4/h3-4,12-13H,2H2,1H3. The van der Waals surface area contributed by atoms with Crippen LogP contribution in [0.4, 0.5) is 0 Å². The SMILES string of the molecule is CC1Cc2cc(O)c(Cl)c(O)c2C(=O)O1. The smallest absolute Gasteiger partial charge is 0.342 e. The van der Waals surface area contributed by atoms with Gasteiger partial charge in [-0.25, -0.2) is 4.79 Å². The summed E-state index contributed by atoms with van der Waals surface area (Å²) in [6.07, 6.45) is 0.198. The van der Waals surface area contributed by atoms with E-state index in [4.69, 9.17) is 16.3 Å². The van der Waals surface area contributed by atoms with E-state index >= 15 is 0 Å². The van der Waals surface area contributed by atoms with Crippen LogP contribution in [-0.2, 0) is 11.2 Å². The molecule has 5 heteroatoms. The van der Waals surface area contributed by atoms with Gasteiger partial charge in [0.2, 0.25) is 0 Å². The van der Waals surface area contributed by atoms with Crippen LogP contribution in [-0.4, -0.2) is 22.3 Å². The fourth-order valence-electron chi connectivity index (χ4n) is 1.67. The van der Waals surface area contributed by atoms with E-state index in [1.807, 2.05) is 0 Å². The highest BCUT2D eigenvalue weighted by Gasteiger charge is 2.29. The van der Waals surface area contributed by atoms with Crippen molar-refractivity contribution < 1.29 is 19.7 Å². The van der Waals surface area contributed by atoms with Crippen LogP contribution in [0, 0.1) is 0 Å². The van der Waals surface area contributed by atoms with Gasteiger partial charge >= 0.3 is 5.97 Å². The summed E-state index contributed by atoms with van der Waals surface area (Å²) >= 11 is 5.61. The molecule has 1 heterocycles. The Bertz CT molecular complexity index is 442. The molecular formula is C10H9ClO4. The van der Waals surface area contributed by atoms with Crippen molar-refractivity contribution in [2.45, 2.75) is 19.4 Å². The van der Waals surface area contributed by atoms with Gasteiger partial charge < -0.3 is 14.9 Å². The fourth-order valence-corrected chi connectivity index (χ4v) is 1.81. The molecule has 0 fully saturated rings. The number of phenolic OH excluding ortho intramolecular Hbond substituents is 2. The number of phenols is 2. The lowest BCUT2D eigenvalue weighted by molar-refractivity contribution is 0.0297. The molecule has 1 atom stereocenters. The normalized spacial score (nSPS) is 19.6. The summed E-state index contributed by atoms with van der Waals surface area (Å²) < 4.78 is 4.95. The lowest BCUT2D eigenvalue weighted by Crippen LogP contribution is -2.25. The van der Waals surface area contributed by atoms with Gasteiger partial charge in [0.15, 0.2) is 5.75 Å². The van der Waals surface area contributed by atoms with Crippen molar-refractivity contribution in [2.24, 2.45) is 0 Å². The molecule has 0 aliphatic carbocycles. The van der Waals surface area contributed by atoms with Crippen LogP contribution < -0.4 is 0 Å². The maximum Gasteiger partial charge on any atom is 0.342 e. The number of halogens is 1. The molecule has 0 spiro atoms. The monoisotopic (exact) mass is 228 g/mol. The third-order valence-corrected chi connectivity index (χ3v) is 2.69. The van der Waals surface area contributed by atoms with Crippen molar-refractivity contribution in [3.8, 4) is 11.5 Å². The highest BCUT2D eigenvalue weighted by molar-refractivity contribution is 6.34. The van der Waals surface area contributed by atoms with E-state index in [0.717, 1.165) is 0 Å². The number of aromatic hydroxyl groups is 2. The summed E-state index contributed by atoms with van der Waals surface area (Å²) in [5.41, 5.74) is 0.606. The van der Waals surface area contributed by atoms with Gasteiger partial charge in [-0.3, -0.25) is 0 Å². The molecule has 1 aliphatic rings. The van der Waals surface area contributed by atoms with E-state index in [-0.39, 0.29) is 22.4 Å². The van der Waals surface area contributed by atoms with Crippen LogP contribution in [0.25, 0.3) is 0 Å². The zero-order chi connectivity index (χ0) is 11.2. The van der Waals surface area contributed by atoms with Crippen molar-refractivity contribution in [3.05, 3.63) is 22.2 Å². The van der Waals surface area contributed by atoms with Gasteiger partial charge in [0.1, 0.15) is 22.4 Å². The van der Waals surface area contributed by atoms with E-state index < -0.39 is 11.7 Å².